The van der Waals surface area contributed by atoms with Crippen molar-refractivity contribution in [3.63, 3.8) is 0 Å². The van der Waals surface area contributed by atoms with Crippen LogP contribution in [0.4, 0.5) is 0 Å². The predicted octanol–water partition coefficient (Wildman–Crippen LogP) is 5.45. The van der Waals surface area contributed by atoms with Crippen LogP contribution in [-0.2, 0) is 11.2 Å². The molecule has 1 atom stereocenters. The van der Waals surface area contributed by atoms with Crippen molar-refractivity contribution in [1.29, 1.82) is 0 Å². The number of hydrogen-bond donors (Lipinski definition) is 0. The number of carbonyl (C=O) groups excluding carboxylic acids is 1. The third-order valence-corrected chi connectivity index (χ3v) is 5.40. The molecule has 0 spiro atoms. The number of methoxy groups -OCH3 is 1. The van der Waals surface area contributed by atoms with Gasteiger partial charge in [-0.1, -0.05) is 56.7 Å². The van der Waals surface area contributed by atoms with Gasteiger partial charge in [-0.25, -0.2) is 0 Å². The molecule has 3 nitrogen and oxygen atoms in total. The highest BCUT2D eigenvalue weighted by atomic mass is 16.5. The largest absolute Gasteiger partial charge is 0.497 e. The van der Waals surface area contributed by atoms with Gasteiger partial charge in [-0.15, -0.1) is 0 Å². The summed E-state index contributed by atoms with van der Waals surface area (Å²) in [6.07, 6.45) is 5.26. The minimum atomic E-state index is 0.0145. The number of unbranched alkanes of at least 4 members (excludes halogenated alkanes) is 1. The molecule has 0 radical (unpaired) electrons. The number of likely N-dealkylation sites (N-methyl/N-ethyl adjacent to an activating group) is 1. The lowest BCUT2D eigenvalue weighted by Gasteiger charge is -2.19. The molecule has 3 heteroatoms. The molecule has 0 aliphatic carbocycles. The van der Waals surface area contributed by atoms with Gasteiger partial charge in [0, 0.05) is 12.5 Å². The Balaban J connectivity index is 1.75. The van der Waals surface area contributed by atoms with Crippen LogP contribution in [0.25, 0.3) is 0 Å². The van der Waals surface area contributed by atoms with Crippen molar-refractivity contribution < 1.29 is 9.53 Å². The van der Waals surface area contributed by atoms with Gasteiger partial charge in [0.15, 0.2) is 0 Å². The van der Waals surface area contributed by atoms with Crippen molar-refractivity contribution in [3.05, 3.63) is 65.2 Å². The van der Waals surface area contributed by atoms with E-state index in [0.717, 1.165) is 50.8 Å². The van der Waals surface area contributed by atoms with E-state index in [-0.39, 0.29) is 5.92 Å². The van der Waals surface area contributed by atoms with E-state index in [9.17, 15) is 4.79 Å². The molecule has 2 aromatic carbocycles. The fourth-order valence-corrected chi connectivity index (χ4v) is 3.68. The molecule has 0 aromatic heterocycles. The molecular formula is C25H35NO2. The van der Waals surface area contributed by atoms with Crippen LogP contribution in [-0.4, -0.2) is 38.4 Å². The maximum atomic E-state index is 11.7. The van der Waals surface area contributed by atoms with E-state index in [2.05, 4.69) is 56.1 Å². The molecule has 2 rings (SSSR count). The zero-order chi connectivity index (χ0) is 20.4. The molecule has 2 aromatic rings. The van der Waals surface area contributed by atoms with Gasteiger partial charge in [-0.3, -0.25) is 0 Å². The molecule has 0 bridgehead atoms. The molecule has 0 aliphatic heterocycles. The first-order valence-electron chi connectivity index (χ1n) is 10.4. The first-order valence-corrected chi connectivity index (χ1v) is 10.4. The molecule has 1 unspecified atom stereocenters. The number of carbonyl (C=O) groups is 1. The van der Waals surface area contributed by atoms with Gasteiger partial charge in [-0.2, -0.15) is 0 Å². The Bertz CT molecular complexity index is 726. The average molecular weight is 382 g/mol. The molecule has 152 valence electrons. The number of nitrogens with zero attached hydrogens (tertiary/aromatic N) is 1. The van der Waals surface area contributed by atoms with Gasteiger partial charge in [0.1, 0.15) is 12.0 Å². The van der Waals surface area contributed by atoms with Gasteiger partial charge < -0.3 is 14.4 Å². The predicted molar refractivity (Wildman–Crippen MR) is 117 cm³/mol. The van der Waals surface area contributed by atoms with Gasteiger partial charge >= 0.3 is 0 Å². The Morgan fingerprint density at radius 2 is 1.75 bits per heavy atom. The lowest BCUT2D eigenvalue weighted by Crippen LogP contribution is -2.22. The van der Waals surface area contributed by atoms with Crippen LogP contribution in [0, 0.1) is 0 Å². The standard InChI is InChI=1S/C25H35NO2/c1-20(2)24-13-5-6-14-25(24)22(19-27)11-7-8-16-26(3)17-15-21-10-9-12-23(18-21)28-4/h5-6,9-10,12-14,18-20,22H,7-8,11,15-17H2,1-4H3. The fraction of sp³-hybridized carbons (Fsp3) is 0.480. The zero-order valence-electron chi connectivity index (χ0n) is 17.9. The Morgan fingerprint density at radius 1 is 1.00 bits per heavy atom. The van der Waals surface area contributed by atoms with E-state index in [0.29, 0.717) is 5.92 Å². The van der Waals surface area contributed by atoms with E-state index in [1.54, 1.807) is 7.11 Å². The normalized spacial score (nSPS) is 12.4. The summed E-state index contributed by atoms with van der Waals surface area (Å²) in [6.45, 7) is 6.47. The Labute approximate surface area is 170 Å². The number of aldehydes is 1. The summed E-state index contributed by atoms with van der Waals surface area (Å²) in [7, 11) is 3.88. The summed E-state index contributed by atoms with van der Waals surface area (Å²) in [6, 6.07) is 16.7. The van der Waals surface area contributed by atoms with Crippen LogP contribution in [0.1, 0.15) is 61.6 Å². The topological polar surface area (TPSA) is 29.5 Å². The molecule has 28 heavy (non-hydrogen) atoms. The lowest BCUT2D eigenvalue weighted by atomic mass is 9.87. The molecule has 0 heterocycles. The monoisotopic (exact) mass is 381 g/mol. The average Bonchev–Trinajstić information content (AvgIpc) is 2.72. The molecule has 0 fully saturated rings. The summed E-state index contributed by atoms with van der Waals surface area (Å²) in [5.74, 6) is 1.38. The van der Waals surface area contributed by atoms with Crippen LogP contribution in [0.2, 0.25) is 0 Å². The highest BCUT2D eigenvalue weighted by molar-refractivity contribution is 5.63. The van der Waals surface area contributed by atoms with E-state index in [1.165, 1.54) is 16.7 Å². The van der Waals surface area contributed by atoms with Crippen LogP contribution < -0.4 is 4.74 Å². The van der Waals surface area contributed by atoms with Crippen LogP contribution >= 0.6 is 0 Å². The second kappa shape index (κ2) is 11.7. The SMILES string of the molecule is COc1cccc(CCN(C)CCCCC(C=O)c2ccccc2C(C)C)c1. The first kappa shape index (κ1) is 22.2. The minimum Gasteiger partial charge on any atom is -0.497 e. The van der Waals surface area contributed by atoms with Crippen molar-refractivity contribution in [2.24, 2.45) is 0 Å². The van der Waals surface area contributed by atoms with Gasteiger partial charge in [-0.05, 0) is 67.6 Å². The third-order valence-electron chi connectivity index (χ3n) is 5.40. The lowest BCUT2D eigenvalue weighted by molar-refractivity contribution is -0.109. The highest BCUT2D eigenvalue weighted by Gasteiger charge is 2.15. The van der Waals surface area contributed by atoms with Crippen LogP contribution in [0.15, 0.2) is 48.5 Å². The summed E-state index contributed by atoms with van der Waals surface area (Å²) in [5.41, 5.74) is 3.81. The zero-order valence-corrected chi connectivity index (χ0v) is 17.9. The number of rotatable bonds is 12. The smallest absolute Gasteiger partial charge is 0.127 e. The fourth-order valence-electron chi connectivity index (χ4n) is 3.68. The Morgan fingerprint density at radius 3 is 2.43 bits per heavy atom. The van der Waals surface area contributed by atoms with E-state index in [1.807, 2.05) is 18.2 Å². The molecule has 0 saturated heterocycles. The van der Waals surface area contributed by atoms with Crippen molar-refractivity contribution in [1.82, 2.24) is 4.90 Å². The molecule has 0 amide bonds. The quantitative estimate of drug-likeness (QED) is 0.362. The molecule has 0 N–H and O–H groups in total. The summed E-state index contributed by atoms with van der Waals surface area (Å²) >= 11 is 0. The number of hydrogen-bond acceptors (Lipinski definition) is 3. The van der Waals surface area contributed by atoms with E-state index < -0.39 is 0 Å². The van der Waals surface area contributed by atoms with Gasteiger partial charge in [0.25, 0.3) is 0 Å². The summed E-state index contributed by atoms with van der Waals surface area (Å²) in [4.78, 5) is 14.1. The highest BCUT2D eigenvalue weighted by Crippen LogP contribution is 2.28. The minimum absolute atomic E-state index is 0.0145. The molecule has 0 aliphatic rings. The Kier molecular flexibility index (Phi) is 9.22. The van der Waals surface area contributed by atoms with Crippen molar-refractivity contribution in [2.75, 3.05) is 27.2 Å². The second-order valence-corrected chi connectivity index (χ2v) is 7.93. The van der Waals surface area contributed by atoms with Crippen LogP contribution in [0.5, 0.6) is 5.75 Å². The van der Waals surface area contributed by atoms with Crippen molar-refractivity contribution >= 4 is 6.29 Å². The van der Waals surface area contributed by atoms with Crippen molar-refractivity contribution in [2.45, 2.75) is 51.4 Å². The third kappa shape index (κ3) is 6.79. The molecular weight excluding hydrogens is 346 g/mol. The van der Waals surface area contributed by atoms with Gasteiger partial charge in [0.05, 0.1) is 7.11 Å². The van der Waals surface area contributed by atoms with E-state index in [4.69, 9.17) is 4.74 Å². The number of ether oxygens (including phenoxy) is 1. The maximum Gasteiger partial charge on any atom is 0.127 e. The molecule has 0 saturated carbocycles. The van der Waals surface area contributed by atoms with E-state index >= 15 is 0 Å². The van der Waals surface area contributed by atoms with Crippen LogP contribution in [0.3, 0.4) is 0 Å². The second-order valence-electron chi connectivity index (χ2n) is 7.93. The van der Waals surface area contributed by atoms with Gasteiger partial charge in [0.2, 0.25) is 0 Å². The summed E-state index contributed by atoms with van der Waals surface area (Å²) in [5, 5.41) is 0. The number of benzene rings is 2. The maximum absolute atomic E-state index is 11.7. The van der Waals surface area contributed by atoms with Crippen molar-refractivity contribution in [3.8, 4) is 5.75 Å². The Hall–Kier alpha value is -2.13. The summed E-state index contributed by atoms with van der Waals surface area (Å²) < 4.78 is 5.29. The first-order chi connectivity index (χ1) is 13.5.